The fraction of sp³-hybridized carbons (Fsp3) is 0.750. The van der Waals surface area contributed by atoms with Crippen LogP contribution in [0.2, 0.25) is 0 Å². The van der Waals surface area contributed by atoms with Gasteiger partial charge >= 0.3 is 5.97 Å². The van der Waals surface area contributed by atoms with Crippen LogP contribution in [0.3, 0.4) is 0 Å². The highest BCUT2D eigenvalue weighted by Crippen LogP contribution is 2.09. The number of amides is 1. The summed E-state index contributed by atoms with van der Waals surface area (Å²) in [5, 5.41) is 11.8. The number of unbranched alkanes of at least 4 members (excludes halogenated alkanes) is 9. The topological polar surface area (TPSA) is 66.4 Å². The molecule has 4 nitrogen and oxygen atoms in total. The third-order valence-corrected chi connectivity index (χ3v) is 4.83. The second kappa shape index (κ2) is 20.2. The highest BCUT2D eigenvalue weighted by Gasteiger charge is 2.18. The van der Waals surface area contributed by atoms with E-state index in [0.717, 1.165) is 44.9 Å². The van der Waals surface area contributed by atoms with Gasteiger partial charge in [-0.2, -0.15) is 0 Å². The molecule has 0 spiro atoms. The van der Waals surface area contributed by atoms with E-state index in [1.807, 2.05) is 6.92 Å². The molecule has 0 aromatic carbocycles. The number of carbonyl (C=O) groups excluding carboxylic acids is 1. The first-order valence-electron chi connectivity index (χ1n) is 11.4. The minimum Gasteiger partial charge on any atom is -0.480 e. The van der Waals surface area contributed by atoms with Crippen LogP contribution in [0, 0.1) is 0 Å². The van der Waals surface area contributed by atoms with E-state index in [4.69, 9.17) is 5.11 Å². The van der Waals surface area contributed by atoms with Crippen LogP contribution < -0.4 is 5.32 Å². The Labute approximate surface area is 172 Å². The number of rotatable bonds is 19. The van der Waals surface area contributed by atoms with Crippen molar-refractivity contribution in [1.29, 1.82) is 0 Å². The second-order valence-electron chi connectivity index (χ2n) is 7.58. The van der Waals surface area contributed by atoms with Crippen LogP contribution in [-0.2, 0) is 9.59 Å². The average molecular weight is 394 g/mol. The monoisotopic (exact) mass is 393 g/mol. The van der Waals surface area contributed by atoms with Crippen LogP contribution in [0.1, 0.15) is 110 Å². The van der Waals surface area contributed by atoms with Crippen molar-refractivity contribution in [1.82, 2.24) is 5.32 Å². The molecule has 0 bridgehead atoms. The van der Waals surface area contributed by atoms with Gasteiger partial charge in [0, 0.05) is 6.42 Å². The lowest BCUT2D eigenvalue weighted by molar-refractivity contribution is -0.142. The molecule has 162 valence electrons. The Morgan fingerprint density at radius 2 is 1.36 bits per heavy atom. The van der Waals surface area contributed by atoms with Crippen molar-refractivity contribution < 1.29 is 14.7 Å². The fourth-order valence-corrected chi connectivity index (χ4v) is 3.03. The smallest absolute Gasteiger partial charge is 0.326 e. The van der Waals surface area contributed by atoms with Crippen molar-refractivity contribution in [2.24, 2.45) is 0 Å². The van der Waals surface area contributed by atoms with Gasteiger partial charge in [0.05, 0.1) is 0 Å². The number of carboxylic acid groups (broad SMARTS) is 1. The maximum absolute atomic E-state index is 11.9. The third-order valence-electron chi connectivity index (χ3n) is 4.83. The minimum atomic E-state index is -0.929. The summed E-state index contributed by atoms with van der Waals surface area (Å²) in [4.78, 5) is 23.0. The molecule has 28 heavy (non-hydrogen) atoms. The first-order valence-corrected chi connectivity index (χ1v) is 11.4. The van der Waals surface area contributed by atoms with Crippen LogP contribution >= 0.6 is 0 Å². The predicted molar refractivity (Wildman–Crippen MR) is 118 cm³/mol. The van der Waals surface area contributed by atoms with Gasteiger partial charge in [0.2, 0.25) is 5.91 Å². The fourth-order valence-electron chi connectivity index (χ4n) is 3.03. The van der Waals surface area contributed by atoms with Crippen molar-refractivity contribution in [2.45, 2.75) is 116 Å². The maximum Gasteiger partial charge on any atom is 0.326 e. The standard InChI is InChI=1S/C24H43NO3/c1-3-5-7-8-9-10-11-12-13-14-15-16-17-18-19-21-23(26)25-22(24(27)28)20-6-4-2/h9-10,12-13,22H,3-8,11,14-21H2,1-2H3,(H,25,26)(H,27,28)/b10-9-,13-12-. The van der Waals surface area contributed by atoms with Gasteiger partial charge in [-0.25, -0.2) is 4.79 Å². The quantitative estimate of drug-likeness (QED) is 0.193. The molecule has 0 heterocycles. The van der Waals surface area contributed by atoms with Gasteiger partial charge in [-0.05, 0) is 44.9 Å². The third kappa shape index (κ3) is 17.8. The molecule has 0 saturated heterocycles. The number of hydrogen-bond acceptors (Lipinski definition) is 2. The number of carbonyl (C=O) groups is 2. The van der Waals surface area contributed by atoms with Crippen LogP contribution in [-0.4, -0.2) is 23.0 Å². The van der Waals surface area contributed by atoms with Crippen molar-refractivity contribution in [3.8, 4) is 0 Å². The predicted octanol–water partition coefficient (Wildman–Crippen LogP) is 6.56. The summed E-state index contributed by atoms with van der Waals surface area (Å²) in [6, 6.07) is -0.731. The number of hydrogen-bond donors (Lipinski definition) is 2. The summed E-state index contributed by atoms with van der Waals surface area (Å²) >= 11 is 0. The lowest BCUT2D eigenvalue weighted by Crippen LogP contribution is -2.40. The molecule has 0 radical (unpaired) electrons. The van der Waals surface area contributed by atoms with E-state index in [0.29, 0.717) is 12.8 Å². The summed E-state index contributed by atoms with van der Waals surface area (Å²) in [7, 11) is 0. The zero-order valence-electron chi connectivity index (χ0n) is 18.3. The molecule has 0 rings (SSSR count). The van der Waals surface area contributed by atoms with Crippen LogP contribution in [0.15, 0.2) is 24.3 Å². The van der Waals surface area contributed by atoms with Gasteiger partial charge in [0.15, 0.2) is 0 Å². The Morgan fingerprint density at radius 1 is 0.786 bits per heavy atom. The summed E-state index contributed by atoms with van der Waals surface area (Å²) in [5.41, 5.74) is 0. The van der Waals surface area contributed by atoms with E-state index in [2.05, 4.69) is 36.5 Å². The molecule has 2 N–H and O–H groups in total. The summed E-state index contributed by atoms with van der Waals surface area (Å²) in [5.74, 6) is -1.06. The normalized spacial score (nSPS) is 12.6. The molecule has 0 aromatic heterocycles. The SMILES string of the molecule is CCCCC/C=C\C/C=C\CCCCCCCC(=O)NC(CCCC)C(=O)O. The van der Waals surface area contributed by atoms with Gasteiger partial charge in [0.25, 0.3) is 0 Å². The summed E-state index contributed by atoms with van der Waals surface area (Å²) < 4.78 is 0. The molecule has 4 heteroatoms. The zero-order valence-corrected chi connectivity index (χ0v) is 18.3. The average Bonchev–Trinajstić information content (AvgIpc) is 2.67. The maximum atomic E-state index is 11.9. The van der Waals surface area contributed by atoms with E-state index in [9.17, 15) is 9.59 Å². The highest BCUT2D eigenvalue weighted by molar-refractivity contribution is 5.83. The summed E-state index contributed by atoms with van der Waals surface area (Å²) in [6.07, 6.45) is 24.4. The van der Waals surface area contributed by atoms with E-state index >= 15 is 0 Å². The van der Waals surface area contributed by atoms with Crippen molar-refractivity contribution >= 4 is 11.9 Å². The van der Waals surface area contributed by atoms with Gasteiger partial charge < -0.3 is 10.4 Å². The Kier molecular flexibility index (Phi) is 19.0. The second-order valence-corrected chi connectivity index (χ2v) is 7.58. The van der Waals surface area contributed by atoms with Crippen molar-refractivity contribution in [2.75, 3.05) is 0 Å². The number of carboxylic acids is 1. The molecule has 0 aliphatic heterocycles. The molecular weight excluding hydrogens is 350 g/mol. The van der Waals surface area contributed by atoms with Crippen LogP contribution in [0.25, 0.3) is 0 Å². The Hall–Kier alpha value is -1.58. The molecule has 0 aliphatic rings. The van der Waals surface area contributed by atoms with E-state index in [1.165, 1.54) is 38.5 Å². The zero-order chi connectivity index (χ0) is 20.9. The highest BCUT2D eigenvalue weighted by atomic mass is 16.4. The molecular formula is C24H43NO3. The van der Waals surface area contributed by atoms with Gasteiger partial charge in [-0.15, -0.1) is 0 Å². The first kappa shape index (κ1) is 26.4. The minimum absolute atomic E-state index is 0.130. The number of nitrogens with one attached hydrogen (secondary N) is 1. The van der Waals surface area contributed by atoms with Crippen LogP contribution in [0.5, 0.6) is 0 Å². The van der Waals surface area contributed by atoms with Crippen LogP contribution in [0.4, 0.5) is 0 Å². The molecule has 1 atom stereocenters. The van der Waals surface area contributed by atoms with Gasteiger partial charge in [-0.1, -0.05) is 83.1 Å². The molecule has 1 unspecified atom stereocenters. The lowest BCUT2D eigenvalue weighted by Gasteiger charge is -2.13. The molecule has 0 fully saturated rings. The van der Waals surface area contributed by atoms with Crippen molar-refractivity contribution in [3.63, 3.8) is 0 Å². The van der Waals surface area contributed by atoms with E-state index in [-0.39, 0.29) is 5.91 Å². The Bertz CT molecular complexity index is 443. The van der Waals surface area contributed by atoms with Crippen molar-refractivity contribution in [3.05, 3.63) is 24.3 Å². The first-order chi connectivity index (χ1) is 13.6. The van der Waals surface area contributed by atoms with E-state index in [1.54, 1.807) is 0 Å². The van der Waals surface area contributed by atoms with Gasteiger partial charge in [0.1, 0.15) is 6.04 Å². The van der Waals surface area contributed by atoms with E-state index < -0.39 is 12.0 Å². The summed E-state index contributed by atoms with van der Waals surface area (Å²) in [6.45, 7) is 4.25. The Balaban J connectivity index is 3.54. The molecule has 0 aliphatic carbocycles. The number of allylic oxidation sites excluding steroid dienone is 4. The molecule has 0 saturated carbocycles. The largest absolute Gasteiger partial charge is 0.480 e. The molecule has 1 amide bonds. The Morgan fingerprint density at radius 3 is 1.96 bits per heavy atom. The van der Waals surface area contributed by atoms with Gasteiger partial charge in [-0.3, -0.25) is 4.79 Å². The lowest BCUT2D eigenvalue weighted by atomic mass is 10.1. The number of aliphatic carboxylic acids is 1. The molecule has 0 aromatic rings.